The van der Waals surface area contributed by atoms with E-state index in [-0.39, 0.29) is 0 Å². The van der Waals surface area contributed by atoms with E-state index in [2.05, 4.69) is 0 Å². The highest BCUT2D eigenvalue weighted by molar-refractivity contribution is 8.19. The fourth-order valence-corrected chi connectivity index (χ4v) is 4.73. The third-order valence-corrected chi connectivity index (χ3v) is 6.03. The van der Waals surface area contributed by atoms with Gasteiger partial charge in [-0.1, -0.05) is 6.07 Å². The second kappa shape index (κ2) is 8.05. The van der Waals surface area contributed by atoms with Crippen LogP contribution in [-0.2, 0) is 4.79 Å². The van der Waals surface area contributed by atoms with Gasteiger partial charge in [0.1, 0.15) is 6.54 Å². The van der Waals surface area contributed by atoms with Crippen molar-refractivity contribution in [1.82, 2.24) is 5.32 Å². The first kappa shape index (κ1) is 18.1. The van der Waals surface area contributed by atoms with E-state index in [1.54, 1.807) is 11.4 Å². The number of amides is 1. The molecular weight excluding hydrogens is 351 g/mol. The van der Waals surface area contributed by atoms with Gasteiger partial charge in [0.05, 0.1) is 11.7 Å². The van der Waals surface area contributed by atoms with Gasteiger partial charge >= 0.3 is 6.18 Å². The quantitative estimate of drug-likeness (QED) is 0.837. The van der Waals surface area contributed by atoms with E-state index >= 15 is 0 Å². The lowest BCUT2D eigenvalue weighted by Crippen LogP contribution is -2.36. The van der Waals surface area contributed by atoms with Gasteiger partial charge in [0.15, 0.2) is 18.1 Å². The lowest BCUT2D eigenvalue weighted by atomic mass is 10.2. The maximum atomic E-state index is 12.0. The van der Waals surface area contributed by atoms with Gasteiger partial charge in [-0.3, -0.25) is 4.79 Å². The average molecular weight is 367 g/mol. The summed E-state index contributed by atoms with van der Waals surface area (Å²) in [6, 6.07) is 5.38. The summed E-state index contributed by atoms with van der Waals surface area (Å²) < 4.78 is 46.9. The van der Waals surface area contributed by atoms with Crippen molar-refractivity contribution >= 4 is 29.4 Å². The molecule has 1 aromatic rings. The molecule has 9 heteroatoms. The highest BCUT2D eigenvalue weighted by atomic mass is 32.2. The van der Waals surface area contributed by atoms with E-state index in [0.717, 1.165) is 17.1 Å². The number of thioether (sulfide) groups is 2. The van der Waals surface area contributed by atoms with Crippen molar-refractivity contribution in [3.8, 4) is 11.5 Å². The summed E-state index contributed by atoms with van der Waals surface area (Å²) in [6.45, 7) is -1.87. The Hall–Kier alpha value is -1.22. The zero-order chi connectivity index (χ0) is 16.9. The minimum absolute atomic E-state index is 0.325. The Morgan fingerprint density at radius 2 is 2.00 bits per heavy atom. The van der Waals surface area contributed by atoms with Gasteiger partial charge in [-0.05, 0) is 17.7 Å². The number of methoxy groups -OCH3 is 1. The monoisotopic (exact) mass is 367 g/mol. The molecule has 1 saturated heterocycles. The molecule has 0 aromatic heterocycles. The Labute approximate surface area is 140 Å². The molecule has 1 N–H and O–H groups in total. The van der Waals surface area contributed by atoms with Crippen molar-refractivity contribution < 1.29 is 27.4 Å². The van der Waals surface area contributed by atoms with E-state index in [9.17, 15) is 18.0 Å². The van der Waals surface area contributed by atoms with Gasteiger partial charge in [0.25, 0.3) is 5.91 Å². The van der Waals surface area contributed by atoms with Gasteiger partial charge < -0.3 is 14.8 Å². The number of hydrogen-bond acceptors (Lipinski definition) is 5. The van der Waals surface area contributed by atoms with E-state index < -0.39 is 25.2 Å². The summed E-state index contributed by atoms with van der Waals surface area (Å²) in [7, 11) is 1.48. The van der Waals surface area contributed by atoms with Crippen LogP contribution in [0.3, 0.4) is 0 Å². The van der Waals surface area contributed by atoms with Crippen LogP contribution in [0.2, 0.25) is 0 Å². The molecule has 0 saturated carbocycles. The average Bonchev–Trinajstić information content (AvgIpc) is 3.04. The van der Waals surface area contributed by atoms with Crippen LogP contribution >= 0.6 is 23.5 Å². The van der Waals surface area contributed by atoms with Crippen LogP contribution in [0.4, 0.5) is 13.2 Å². The molecular formula is C14H16F3NO3S2. The van der Waals surface area contributed by atoms with Crippen molar-refractivity contribution in [2.75, 3.05) is 31.8 Å². The smallest absolute Gasteiger partial charge is 0.405 e. The van der Waals surface area contributed by atoms with Gasteiger partial charge in [0, 0.05) is 11.5 Å². The first-order chi connectivity index (χ1) is 10.9. The summed E-state index contributed by atoms with van der Waals surface area (Å²) >= 11 is 3.69. The van der Waals surface area contributed by atoms with Crippen LogP contribution in [0.25, 0.3) is 0 Å². The van der Waals surface area contributed by atoms with E-state index in [1.165, 1.54) is 7.11 Å². The van der Waals surface area contributed by atoms with Crippen molar-refractivity contribution in [2.45, 2.75) is 10.8 Å². The van der Waals surface area contributed by atoms with Gasteiger partial charge in [0.2, 0.25) is 0 Å². The lowest BCUT2D eigenvalue weighted by Gasteiger charge is -2.14. The fraction of sp³-hybridized carbons (Fsp3) is 0.500. The molecule has 1 heterocycles. The van der Waals surface area contributed by atoms with Crippen LogP contribution in [0.5, 0.6) is 11.5 Å². The number of carbonyl (C=O) groups excluding carboxylic acids is 1. The highest BCUT2D eigenvalue weighted by Crippen LogP contribution is 2.46. The Balaban J connectivity index is 1.93. The predicted molar refractivity (Wildman–Crippen MR) is 85.2 cm³/mol. The molecule has 1 aliphatic heterocycles. The highest BCUT2D eigenvalue weighted by Gasteiger charge is 2.27. The van der Waals surface area contributed by atoms with E-state index in [1.807, 2.05) is 35.7 Å². The largest absolute Gasteiger partial charge is 0.493 e. The van der Waals surface area contributed by atoms with Crippen LogP contribution in [0.15, 0.2) is 18.2 Å². The third-order valence-electron chi connectivity index (χ3n) is 2.93. The molecule has 1 amide bonds. The molecule has 0 radical (unpaired) electrons. The molecule has 1 aliphatic rings. The fourth-order valence-electron chi connectivity index (χ4n) is 1.89. The molecule has 0 atom stereocenters. The summed E-state index contributed by atoms with van der Waals surface area (Å²) in [6.07, 6.45) is -4.44. The molecule has 0 bridgehead atoms. The molecule has 128 valence electrons. The van der Waals surface area contributed by atoms with E-state index in [0.29, 0.717) is 16.1 Å². The standard InChI is InChI=1S/C14H16F3NO3S2/c1-20-11-6-9(13-22-4-5-23-13)2-3-10(11)21-7-12(19)18-8-14(15,16)17/h2-3,6,13H,4-5,7-8H2,1H3,(H,18,19). The third kappa shape index (κ3) is 5.72. The van der Waals surface area contributed by atoms with Gasteiger partial charge in [-0.15, -0.1) is 23.5 Å². The molecule has 0 unspecified atom stereocenters. The SMILES string of the molecule is COc1cc(C2SCCS2)ccc1OCC(=O)NCC(F)(F)F. The van der Waals surface area contributed by atoms with Crippen LogP contribution in [0.1, 0.15) is 10.1 Å². The summed E-state index contributed by atoms with van der Waals surface area (Å²) in [5.74, 6) is 2.13. The number of ether oxygens (including phenoxy) is 2. The van der Waals surface area contributed by atoms with Crippen molar-refractivity contribution in [1.29, 1.82) is 0 Å². The lowest BCUT2D eigenvalue weighted by molar-refractivity contribution is -0.139. The number of nitrogens with one attached hydrogen (secondary N) is 1. The summed E-state index contributed by atoms with van der Waals surface area (Å²) in [5.41, 5.74) is 1.09. The normalized spacial score (nSPS) is 15.5. The van der Waals surface area contributed by atoms with Gasteiger partial charge in [-0.25, -0.2) is 0 Å². The van der Waals surface area contributed by atoms with E-state index in [4.69, 9.17) is 9.47 Å². The summed E-state index contributed by atoms with van der Waals surface area (Å²) in [5, 5.41) is 1.75. The Morgan fingerprint density at radius 1 is 1.30 bits per heavy atom. The topological polar surface area (TPSA) is 47.6 Å². The molecule has 2 rings (SSSR count). The van der Waals surface area contributed by atoms with Crippen LogP contribution < -0.4 is 14.8 Å². The maximum absolute atomic E-state index is 12.0. The number of rotatable bonds is 6. The first-order valence-electron chi connectivity index (χ1n) is 6.76. The summed E-state index contributed by atoms with van der Waals surface area (Å²) in [4.78, 5) is 11.4. The van der Waals surface area contributed by atoms with Crippen molar-refractivity contribution in [3.63, 3.8) is 0 Å². The second-order valence-corrected chi connectivity index (χ2v) is 7.39. The number of alkyl halides is 3. The number of carbonyl (C=O) groups is 1. The van der Waals surface area contributed by atoms with Crippen molar-refractivity contribution in [2.24, 2.45) is 0 Å². The minimum Gasteiger partial charge on any atom is -0.493 e. The molecule has 0 spiro atoms. The van der Waals surface area contributed by atoms with Crippen LogP contribution in [-0.4, -0.2) is 43.9 Å². The minimum atomic E-state index is -4.44. The van der Waals surface area contributed by atoms with Crippen molar-refractivity contribution in [3.05, 3.63) is 23.8 Å². The number of halogens is 3. The predicted octanol–water partition coefficient (Wildman–Crippen LogP) is 3.23. The molecule has 4 nitrogen and oxygen atoms in total. The maximum Gasteiger partial charge on any atom is 0.405 e. The Morgan fingerprint density at radius 3 is 2.61 bits per heavy atom. The molecule has 1 aromatic carbocycles. The number of benzene rings is 1. The van der Waals surface area contributed by atoms with Gasteiger partial charge in [-0.2, -0.15) is 13.2 Å². The van der Waals surface area contributed by atoms with Crippen LogP contribution in [0, 0.1) is 0 Å². The zero-order valence-electron chi connectivity index (χ0n) is 12.3. The molecule has 1 fully saturated rings. The Kier molecular flexibility index (Phi) is 6.34. The molecule has 0 aliphatic carbocycles. The Bertz CT molecular complexity index is 549. The second-order valence-electron chi connectivity index (χ2n) is 4.66. The number of hydrogen-bond donors (Lipinski definition) is 1. The zero-order valence-corrected chi connectivity index (χ0v) is 13.9. The molecule has 23 heavy (non-hydrogen) atoms. The first-order valence-corrected chi connectivity index (χ1v) is 8.86.